The molecule has 0 spiro atoms. The van der Waals surface area contributed by atoms with Gasteiger partial charge in [0.25, 0.3) is 5.91 Å². The van der Waals surface area contributed by atoms with E-state index in [4.69, 9.17) is 9.47 Å². The lowest BCUT2D eigenvalue weighted by molar-refractivity contribution is 0.102. The van der Waals surface area contributed by atoms with Crippen molar-refractivity contribution in [2.24, 2.45) is 0 Å². The van der Waals surface area contributed by atoms with Crippen molar-refractivity contribution in [3.05, 3.63) is 59.0 Å². The van der Waals surface area contributed by atoms with Gasteiger partial charge in [0.2, 0.25) is 0 Å². The summed E-state index contributed by atoms with van der Waals surface area (Å²) in [5, 5.41) is 5.45. The van der Waals surface area contributed by atoms with E-state index in [1.54, 1.807) is 18.9 Å². The van der Waals surface area contributed by atoms with Crippen LogP contribution in [-0.2, 0) is 4.74 Å². The number of amides is 1. The SMILES string of the molecule is COc1ccc(C)cc1-c1csc(NC(=O)c2ccccc2SC[C@@H]2CCCO2)n1. The average Bonchev–Trinajstić information content (AvgIpc) is 3.44. The van der Waals surface area contributed by atoms with Crippen LogP contribution in [0.5, 0.6) is 5.75 Å². The van der Waals surface area contributed by atoms with Crippen molar-refractivity contribution in [1.29, 1.82) is 0 Å². The molecule has 0 radical (unpaired) electrons. The van der Waals surface area contributed by atoms with Crippen LogP contribution >= 0.6 is 23.1 Å². The van der Waals surface area contributed by atoms with Crippen molar-refractivity contribution in [3.63, 3.8) is 0 Å². The number of aromatic nitrogens is 1. The third kappa shape index (κ3) is 4.86. The summed E-state index contributed by atoms with van der Waals surface area (Å²) in [4.78, 5) is 18.5. The highest BCUT2D eigenvalue weighted by atomic mass is 32.2. The van der Waals surface area contributed by atoms with Crippen LogP contribution in [0.4, 0.5) is 5.13 Å². The van der Waals surface area contributed by atoms with E-state index >= 15 is 0 Å². The van der Waals surface area contributed by atoms with E-state index in [1.807, 2.05) is 54.8 Å². The Balaban J connectivity index is 1.48. The number of anilines is 1. The number of nitrogens with zero attached hydrogens (tertiary/aromatic N) is 1. The summed E-state index contributed by atoms with van der Waals surface area (Å²) < 4.78 is 11.2. The van der Waals surface area contributed by atoms with Gasteiger partial charge in [-0.2, -0.15) is 0 Å². The first-order chi connectivity index (χ1) is 14.6. The number of aryl methyl sites for hydroxylation is 1. The number of rotatable bonds is 7. The molecule has 1 N–H and O–H groups in total. The Labute approximate surface area is 184 Å². The van der Waals surface area contributed by atoms with Gasteiger partial charge in [0.05, 0.1) is 24.5 Å². The minimum absolute atomic E-state index is 0.150. The zero-order chi connectivity index (χ0) is 20.9. The van der Waals surface area contributed by atoms with Gasteiger partial charge < -0.3 is 9.47 Å². The number of benzene rings is 2. The third-order valence-corrected chi connectivity index (χ3v) is 6.90. The van der Waals surface area contributed by atoms with E-state index in [0.717, 1.165) is 52.7 Å². The molecule has 3 aromatic rings. The van der Waals surface area contributed by atoms with Crippen LogP contribution in [0.15, 0.2) is 52.7 Å². The number of ether oxygens (including phenoxy) is 2. The van der Waals surface area contributed by atoms with Crippen molar-refractivity contribution < 1.29 is 14.3 Å². The van der Waals surface area contributed by atoms with Crippen LogP contribution in [0.25, 0.3) is 11.3 Å². The smallest absolute Gasteiger partial charge is 0.258 e. The first kappa shape index (κ1) is 20.9. The topological polar surface area (TPSA) is 60.5 Å². The highest BCUT2D eigenvalue weighted by Gasteiger charge is 2.19. The van der Waals surface area contributed by atoms with Crippen molar-refractivity contribution in [3.8, 4) is 17.0 Å². The van der Waals surface area contributed by atoms with Gasteiger partial charge in [-0.15, -0.1) is 23.1 Å². The van der Waals surface area contributed by atoms with Gasteiger partial charge in [-0.05, 0) is 44.0 Å². The average molecular weight is 441 g/mol. The number of thioether (sulfide) groups is 1. The minimum atomic E-state index is -0.150. The molecular weight excluding hydrogens is 416 g/mol. The van der Waals surface area contributed by atoms with E-state index in [1.165, 1.54) is 11.3 Å². The van der Waals surface area contributed by atoms with Gasteiger partial charge >= 0.3 is 0 Å². The second kappa shape index (κ2) is 9.64. The molecule has 7 heteroatoms. The molecule has 4 rings (SSSR count). The van der Waals surface area contributed by atoms with Gasteiger partial charge in [0.1, 0.15) is 5.75 Å². The van der Waals surface area contributed by atoms with Gasteiger partial charge in [-0.25, -0.2) is 4.98 Å². The quantitative estimate of drug-likeness (QED) is 0.481. The van der Waals surface area contributed by atoms with E-state index in [9.17, 15) is 4.79 Å². The molecule has 1 aromatic heterocycles. The summed E-state index contributed by atoms with van der Waals surface area (Å²) in [6.07, 6.45) is 2.48. The Morgan fingerprint density at radius 3 is 3.00 bits per heavy atom. The fourth-order valence-electron chi connectivity index (χ4n) is 3.38. The molecule has 1 amide bonds. The largest absolute Gasteiger partial charge is 0.496 e. The third-order valence-electron chi connectivity index (χ3n) is 4.94. The number of thiazole rings is 1. The van der Waals surface area contributed by atoms with E-state index in [-0.39, 0.29) is 12.0 Å². The van der Waals surface area contributed by atoms with Crippen LogP contribution in [-0.4, -0.2) is 36.5 Å². The van der Waals surface area contributed by atoms with E-state index in [0.29, 0.717) is 10.7 Å². The number of hydrogen-bond donors (Lipinski definition) is 1. The molecule has 1 aliphatic heterocycles. The molecular formula is C23H24N2O3S2. The zero-order valence-electron chi connectivity index (χ0n) is 17.0. The molecule has 156 valence electrons. The summed E-state index contributed by atoms with van der Waals surface area (Å²) in [5.74, 6) is 1.47. The predicted molar refractivity (Wildman–Crippen MR) is 123 cm³/mol. The molecule has 0 unspecified atom stereocenters. The van der Waals surface area contributed by atoms with Gasteiger partial charge in [0, 0.05) is 28.2 Å². The van der Waals surface area contributed by atoms with E-state index < -0.39 is 0 Å². The lowest BCUT2D eigenvalue weighted by Crippen LogP contribution is -2.14. The second-order valence-electron chi connectivity index (χ2n) is 7.14. The Morgan fingerprint density at radius 2 is 2.20 bits per heavy atom. The van der Waals surface area contributed by atoms with Crippen molar-refractivity contribution >= 4 is 34.1 Å². The molecule has 1 atom stereocenters. The summed E-state index contributed by atoms with van der Waals surface area (Å²) >= 11 is 3.08. The van der Waals surface area contributed by atoms with Crippen molar-refractivity contribution in [2.75, 3.05) is 24.8 Å². The summed E-state index contributed by atoms with van der Waals surface area (Å²) in [5.41, 5.74) is 3.49. The van der Waals surface area contributed by atoms with Crippen LogP contribution in [0, 0.1) is 6.92 Å². The minimum Gasteiger partial charge on any atom is -0.496 e. The molecule has 5 nitrogen and oxygen atoms in total. The molecule has 2 heterocycles. The maximum absolute atomic E-state index is 12.9. The first-order valence-corrected chi connectivity index (χ1v) is 11.8. The summed E-state index contributed by atoms with van der Waals surface area (Å²) in [6.45, 7) is 2.87. The zero-order valence-corrected chi connectivity index (χ0v) is 18.6. The molecule has 2 aromatic carbocycles. The Morgan fingerprint density at radius 1 is 1.33 bits per heavy atom. The number of hydrogen-bond acceptors (Lipinski definition) is 6. The van der Waals surface area contributed by atoms with Crippen LogP contribution < -0.4 is 10.1 Å². The highest BCUT2D eigenvalue weighted by molar-refractivity contribution is 7.99. The van der Waals surface area contributed by atoms with Crippen molar-refractivity contribution in [1.82, 2.24) is 4.98 Å². The lowest BCUT2D eigenvalue weighted by Gasteiger charge is -2.11. The maximum atomic E-state index is 12.9. The monoisotopic (exact) mass is 440 g/mol. The molecule has 0 saturated carbocycles. The summed E-state index contributed by atoms with van der Waals surface area (Å²) in [6, 6.07) is 13.7. The van der Waals surface area contributed by atoms with Crippen LogP contribution in [0.1, 0.15) is 28.8 Å². The standard InChI is InChI=1S/C23H24N2O3S2/c1-15-9-10-20(27-2)18(12-15)19-14-30-23(24-19)25-22(26)17-7-3-4-8-21(17)29-13-16-6-5-11-28-16/h3-4,7-10,12,14,16H,5-6,11,13H2,1-2H3,(H,24,25,26)/t16-/m0/s1. The van der Waals surface area contributed by atoms with E-state index in [2.05, 4.69) is 10.3 Å². The Bertz CT molecular complexity index is 1030. The molecule has 1 fully saturated rings. The summed E-state index contributed by atoms with van der Waals surface area (Å²) in [7, 11) is 1.65. The van der Waals surface area contributed by atoms with Gasteiger partial charge in [-0.3, -0.25) is 10.1 Å². The van der Waals surface area contributed by atoms with Gasteiger partial charge in [0.15, 0.2) is 5.13 Å². The molecule has 0 aliphatic carbocycles. The molecule has 1 aliphatic rings. The normalized spacial score (nSPS) is 15.9. The number of carbonyl (C=O) groups is 1. The van der Waals surface area contributed by atoms with Crippen LogP contribution in [0.2, 0.25) is 0 Å². The number of carbonyl (C=O) groups excluding carboxylic acids is 1. The van der Waals surface area contributed by atoms with Crippen molar-refractivity contribution in [2.45, 2.75) is 30.8 Å². The fourth-order valence-corrected chi connectivity index (χ4v) is 5.20. The highest BCUT2D eigenvalue weighted by Crippen LogP contribution is 2.33. The molecule has 30 heavy (non-hydrogen) atoms. The first-order valence-electron chi connectivity index (χ1n) is 9.89. The Hall–Kier alpha value is -2.35. The predicted octanol–water partition coefficient (Wildman–Crippen LogP) is 5.65. The van der Waals surface area contributed by atoms with Crippen LogP contribution in [0.3, 0.4) is 0 Å². The second-order valence-corrected chi connectivity index (χ2v) is 9.06. The fraction of sp³-hybridized carbons (Fsp3) is 0.304. The Kier molecular flexibility index (Phi) is 6.72. The molecule has 0 bridgehead atoms. The molecule has 1 saturated heterocycles. The van der Waals surface area contributed by atoms with Gasteiger partial charge in [-0.1, -0.05) is 23.8 Å². The number of nitrogens with one attached hydrogen (secondary N) is 1. The lowest BCUT2D eigenvalue weighted by atomic mass is 10.1. The number of methoxy groups -OCH3 is 1. The maximum Gasteiger partial charge on any atom is 0.258 e.